The van der Waals surface area contributed by atoms with Gasteiger partial charge in [0.15, 0.2) is 0 Å². The maximum atomic E-state index is 11.8. The van der Waals surface area contributed by atoms with Crippen LogP contribution in [0.2, 0.25) is 5.02 Å². The van der Waals surface area contributed by atoms with E-state index in [1.807, 2.05) is 13.8 Å². The standard InChI is InChI=1S/C15H21ClN2O3/c1-9(2)7-11(19)8-17-14(20)15(21)18-13-6-4-5-12(16)10(13)3/h4-6,9,11,19H,7-8H2,1-3H3,(H,17,20)(H,18,21). The molecule has 1 unspecified atom stereocenters. The highest BCUT2D eigenvalue weighted by molar-refractivity contribution is 6.40. The van der Waals surface area contributed by atoms with E-state index in [2.05, 4.69) is 10.6 Å². The summed E-state index contributed by atoms with van der Waals surface area (Å²) in [6.07, 6.45) is -0.0929. The average Bonchev–Trinajstić information content (AvgIpc) is 2.40. The molecule has 1 aromatic carbocycles. The predicted octanol–water partition coefficient (Wildman–Crippen LogP) is 2.11. The van der Waals surface area contributed by atoms with E-state index in [0.29, 0.717) is 28.6 Å². The summed E-state index contributed by atoms with van der Waals surface area (Å²) < 4.78 is 0. The van der Waals surface area contributed by atoms with Gasteiger partial charge in [-0.05, 0) is 37.0 Å². The number of benzene rings is 1. The Balaban J connectivity index is 2.52. The van der Waals surface area contributed by atoms with Gasteiger partial charge in [0.2, 0.25) is 0 Å². The van der Waals surface area contributed by atoms with Crippen molar-refractivity contribution in [3.8, 4) is 0 Å². The van der Waals surface area contributed by atoms with Crippen molar-refractivity contribution >= 4 is 29.1 Å². The number of rotatable bonds is 5. The van der Waals surface area contributed by atoms with Crippen LogP contribution in [0.5, 0.6) is 0 Å². The van der Waals surface area contributed by atoms with E-state index in [0.717, 1.165) is 0 Å². The zero-order valence-electron chi connectivity index (χ0n) is 12.4. The Morgan fingerprint density at radius 2 is 1.95 bits per heavy atom. The normalized spacial score (nSPS) is 12.1. The van der Waals surface area contributed by atoms with Crippen LogP contribution < -0.4 is 10.6 Å². The van der Waals surface area contributed by atoms with E-state index < -0.39 is 17.9 Å². The number of nitrogens with one attached hydrogen (secondary N) is 2. The van der Waals surface area contributed by atoms with Crippen molar-refractivity contribution in [2.45, 2.75) is 33.3 Å². The van der Waals surface area contributed by atoms with Crippen molar-refractivity contribution in [1.29, 1.82) is 0 Å². The van der Waals surface area contributed by atoms with Crippen LogP contribution in [0, 0.1) is 12.8 Å². The summed E-state index contributed by atoms with van der Waals surface area (Å²) in [5, 5.41) is 15.1. The molecule has 0 fully saturated rings. The second-order valence-corrected chi connectivity index (χ2v) is 5.77. The number of hydrogen-bond donors (Lipinski definition) is 3. The molecule has 0 radical (unpaired) electrons. The molecule has 0 aliphatic heterocycles. The van der Waals surface area contributed by atoms with Crippen LogP contribution in [0.15, 0.2) is 18.2 Å². The van der Waals surface area contributed by atoms with E-state index >= 15 is 0 Å². The van der Waals surface area contributed by atoms with Crippen LogP contribution in [0.1, 0.15) is 25.8 Å². The molecule has 0 bridgehead atoms. The van der Waals surface area contributed by atoms with Gasteiger partial charge < -0.3 is 15.7 Å². The summed E-state index contributed by atoms with van der Waals surface area (Å²) in [6, 6.07) is 5.06. The maximum Gasteiger partial charge on any atom is 0.313 e. The van der Waals surface area contributed by atoms with Crippen molar-refractivity contribution in [3.05, 3.63) is 28.8 Å². The van der Waals surface area contributed by atoms with Gasteiger partial charge in [0.1, 0.15) is 0 Å². The highest BCUT2D eigenvalue weighted by atomic mass is 35.5. The number of aliphatic hydroxyl groups is 1. The van der Waals surface area contributed by atoms with Crippen LogP contribution in [-0.4, -0.2) is 29.6 Å². The van der Waals surface area contributed by atoms with E-state index in [1.54, 1.807) is 25.1 Å². The van der Waals surface area contributed by atoms with Gasteiger partial charge in [-0.1, -0.05) is 31.5 Å². The third kappa shape index (κ3) is 5.73. The fourth-order valence-corrected chi connectivity index (χ4v) is 2.01. The van der Waals surface area contributed by atoms with Crippen LogP contribution in [0.3, 0.4) is 0 Å². The van der Waals surface area contributed by atoms with Crippen molar-refractivity contribution in [2.75, 3.05) is 11.9 Å². The van der Waals surface area contributed by atoms with E-state index in [4.69, 9.17) is 11.6 Å². The molecular formula is C15H21ClN2O3. The topological polar surface area (TPSA) is 78.4 Å². The third-order valence-electron chi connectivity index (χ3n) is 2.96. The molecule has 0 spiro atoms. The molecular weight excluding hydrogens is 292 g/mol. The Hall–Kier alpha value is -1.59. The maximum absolute atomic E-state index is 11.8. The molecule has 5 nitrogen and oxygen atoms in total. The summed E-state index contributed by atoms with van der Waals surface area (Å²) in [5.74, 6) is -1.24. The summed E-state index contributed by atoms with van der Waals surface area (Å²) in [5.41, 5.74) is 1.19. The molecule has 1 aromatic rings. The third-order valence-corrected chi connectivity index (χ3v) is 3.37. The number of anilines is 1. The van der Waals surface area contributed by atoms with Gasteiger partial charge >= 0.3 is 11.8 Å². The smallest absolute Gasteiger partial charge is 0.313 e. The van der Waals surface area contributed by atoms with Gasteiger partial charge in [-0.2, -0.15) is 0 Å². The molecule has 0 aliphatic carbocycles. The minimum Gasteiger partial charge on any atom is -0.391 e. The molecule has 3 N–H and O–H groups in total. The van der Waals surface area contributed by atoms with E-state index in [9.17, 15) is 14.7 Å². The molecule has 2 amide bonds. The van der Waals surface area contributed by atoms with Gasteiger partial charge in [-0.25, -0.2) is 0 Å². The summed E-state index contributed by atoms with van der Waals surface area (Å²) in [7, 11) is 0. The van der Waals surface area contributed by atoms with Crippen LogP contribution in [-0.2, 0) is 9.59 Å². The first kappa shape index (κ1) is 17.5. The number of halogens is 1. The molecule has 0 saturated carbocycles. The van der Waals surface area contributed by atoms with Crippen molar-refractivity contribution < 1.29 is 14.7 Å². The summed E-state index contributed by atoms with van der Waals surface area (Å²) >= 11 is 5.94. The largest absolute Gasteiger partial charge is 0.391 e. The quantitative estimate of drug-likeness (QED) is 0.729. The Bertz CT molecular complexity index is 518. The fourth-order valence-electron chi connectivity index (χ4n) is 1.84. The number of hydrogen-bond acceptors (Lipinski definition) is 3. The van der Waals surface area contributed by atoms with Crippen LogP contribution >= 0.6 is 11.6 Å². The lowest BCUT2D eigenvalue weighted by atomic mass is 10.1. The van der Waals surface area contributed by atoms with Crippen molar-refractivity contribution in [3.63, 3.8) is 0 Å². The molecule has 0 heterocycles. The average molecular weight is 313 g/mol. The lowest BCUT2D eigenvalue weighted by Gasteiger charge is -2.14. The van der Waals surface area contributed by atoms with Crippen LogP contribution in [0.25, 0.3) is 0 Å². The second kappa shape index (κ2) is 8.00. The fraction of sp³-hybridized carbons (Fsp3) is 0.467. The summed E-state index contributed by atoms with van der Waals surface area (Å²) in [4.78, 5) is 23.4. The molecule has 1 rings (SSSR count). The molecule has 0 saturated heterocycles. The first-order valence-corrected chi connectivity index (χ1v) is 7.21. The number of amides is 2. The van der Waals surface area contributed by atoms with Crippen LogP contribution in [0.4, 0.5) is 5.69 Å². The van der Waals surface area contributed by atoms with Gasteiger partial charge in [0.05, 0.1) is 6.10 Å². The second-order valence-electron chi connectivity index (χ2n) is 5.36. The summed E-state index contributed by atoms with van der Waals surface area (Å²) in [6.45, 7) is 5.75. The van der Waals surface area contributed by atoms with E-state index in [-0.39, 0.29) is 6.54 Å². The highest BCUT2D eigenvalue weighted by Crippen LogP contribution is 2.22. The molecule has 21 heavy (non-hydrogen) atoms. The number of carbonyl (C=O) groups excluding carboxylic acids is 2. The number of carbonyl (C=O) groups is 2. The highest BCUT2D eigenvalue weighted by Gasteiger charge is 2.16. The van der Waals surface area contributed by atoms with Crippen molar-refractivity contribution in [2.24, 2.45) is 5.92 Å². The molecule has 0 aliphatic rings. The minimum absolute atomic E-state index is 0.0545. The Morgan fingerprint density at radius 1 is 1.29 bits per heavy atom. The first-order valence-electron chi connectivity index (χ1n) is 6.83. The molecule has 6 heteroatoms. The lowest BCUT2D eigenvalue weighted by Crippen LogP contribution is -2.39. The zero-order valence-corrected chi connectivity index (χ0v) is 13.2. The number of aliphatic hydroxyl groups excluding tert-OH is 1. The molecule has 116 valence electrons. The SMILES string of the molecule is Cc1c(Cl)cccc1NC(=O)C(=O)NCC(O)CC(C)C. The molecule has 0 aromatic heterocycles. The first-order chi connectivity index (χ1) is 9.81. The monoisotopic (exact) mass is 312 g/mol. The van der Waals surface area contributed by atoms with Gasteiger partial charge in [-0.15, -0.1) is 0 Å². The van der Waals surface area contributed by atoms with Gasteiger partial charge in [0.25, 0.3) is 0 Å². The van der Waals surface area contributed by atoms with Gasteiger partial charge in [0, 0.05) is 17.3 Å². The lowest BCUT2D eigenvalue weighted by molar-refractivity contribution is -0.136. The zero-order chi connectivity index (χ0) is 16.0. The van der Waals surface area contributed by atoms with Gasteiger partial charge in [-0.3, -0.25) is 9.59 Å². The predicted molar refractivity (Wildman–Crippen MR) is 83.3 cm³/mol. The van der Waals surface area contributed by atoms with E-state index in [1.165, 1.54) is 0 Å². The Morgan fingerprint density at radius 3 is 2.57 bits per heavy atom. The molecule has 1 atom stereocenters. The minimum atomic E-state index is -0.780. The Kier molecular flexibility index (Phi) is 6.65. The Labute approximate surface area is 129 Å². The van der Waals surface area contributed by atoms with Crippen molar-refractivity contribution in [1.82, 2.24) is 5.32 Å².